The molecule has 1 fully saturated rings. The van der Waals surface area contributed by atoms with Crippen LogP contribution in [0, 0.1) is 0 Å². The summed E-state index contributed by atoms with van der Waals surface area (Å²) < 4.78 is 5.80. The zero-order valence-electron chi connectivity index (χ0n) is 12.0. The Hall–Kier alpha value is -0.970. The summed E-state index contributed by atoms with van der Waals surface area (Å²) in [4.78, 5) is 6.51. The summed E-state index contributed by atoms with van der Waals surface area (Å²) in [5.41, 5.74) is 1.33. The SMILES string of the molecule is CC(C)N1CCOC(CNCCc2ccncc2)C1. The van der Waals surface area contributed by atoms with Crippen molar-refractivity contribution in [2.24, 2.45) is 0 Å². The third-order valence-corrected chi connectivity index (χ3v) is 3.61. The highest BCUT2D eigenvalue weighted by molar-refractivity contribution is 5.09. The Morgan fingerprint density at radius 1 is 1.42 bits per heavy atom. The van der Waals surface area contributed by atoms with Crippen LogP contribution >= 0.6 is 0 Å². The lowest BCUT2D eigenvalue weighted by Gasteiger charge is -2.35. The van der Waals surface area contributed by atoms with Crippen LogP contribution in [0.5, 0.6) is 0 Å². The van der Waals surface area contributed by atoms with Crippen molar-refractivity contribution < 1.29 is 4.74 Å². The summed E-state index contributed by atoms with van der Waals surface area (Å²) in [5, 5.41) is 3.49. The molecule has 4 nitrogen and oxygen atoms in total. The summed E-state index contributed by atoms with van der Waals surface area (Å²) >= 11 is 0. The van der Waals surface area contributed by atoms with Gasteiger partial charge in [0.15, 0.2) is 0 Å². The minimum absolute atomic E-state index is 0.327. The van der Waals surface area contributed by atoms with E-state index in [1.165, 1.54) is 5.56 Å². The van der Waals surface area contributed by atoms with Gasteiger partial charge in [0.05, 0.1) is 12.7 Å². The maximum Gasteiger partial charge on any atom is 0.0826 e. The number of pyridine rings is 1. The average molecular weight is 263 g/mol. The van der Waals surface area contributed by atoms with Crippen LogP contribution in [-0.4, -0.2) is 54.8 Å². The van der Waals surface area contributed by atoms with E-state index in [-0.39, 0.29) is 0 Å². The molecule has 0 radical (unpaired) electrons. The van der Waals surface area contributed by atoms with Crippen molar-refractivity contribution in [2.75, 3.05) is 32.8 Å². The highest BCUT2D eigenvalue weighted by Gasteiger charge is 2.21. The van der Waals surface area contributed by atoms with Gasteiger partial charge in [-0.2, -0.15) is 0 Å². The highest BCUT2D eigenvalue weighted by Crippen LogP contribution is 2.08. The van der Waals surface area contributed by atoms with Gasteiger partial charge in [0.25, 0.3) is 0 Å². The molecule has 1 aromatic heterocycles. The molecular formula is C15H25N3O. The van der Waals surface area contributed by atoms with E-state index in [1.54, 1.807) is 0 Å². The minimum atomic E-state index is 0.327. The number of hydrogen-bond donors (Lipinski definition) is 1. The van der Waals surface area contributed by atoms with E-state index in [0.717, 1.165) is 39.2 Å². The Bertz CT molecular complexity index is 356. The number of rotatable bonds is 6. The lowest BCUT2D eigenvalue weighted by atomic mass is 10.2. The Morgan fingerprint density at radius 3 is 2.95 bits per heavy atom. The number of ether oxygens (including phenoxy) is 1. The van der Waals surface area contributed by atoms with E-state index in [4.69, 9.17) is 4.74 Å². The van der Waals surface area contributed by atoms with Crippen molar-refractivity contribution in [1.29, 1.82) is 0 Å². The van der Waals surface area contributed by atoms with Gasteiger partial charge in [-0.1, -0.05) is 0 Å². The van der Waals surface area contributed by atoms with Crippen molar-refractivity contribution in [1.82, 2.24) is 15.2 Å². The molecule has 0 aromatic carbocycles. The molecule has 1 aliphatic rings. The predicted octanol–water partition coefficient (Wildman–Crippen LogP) is 1.32. The molecule has 0 bridgehead atoms. The summed E-state index contributed by atoms with van der Waals surface area (Å²) in [5.74, 6) is 0. The van der Waals surface area contributed by atoms with E-state index in [1.807, 2.05) is 12.4 Å². The van der Waals surface area contributed by atoms with Crippen LogP contribution in [0.2, 0.25) is 0 Å². The van der Waals surface area contributed by atoms with Gasteiger partial charge in [-0.25, -0.2) is 0 Å². The monoisotopic (exact) mass is 263 g/mol. The lowest BCUT2D eigenvalue weighted by molar-refractivity contribution is -0.0370. The third-order valence-electron chi connectivity index (χ3n) is 3.61. The van der Waals surface area contributed by atoms with E-state index in [0.29, 0.717) is 12.1 Å². The van der Waals surface area contributed by atoms with Crippen molar-refractivity contribution in [3.05, 3.63) is 30.1 Å². The first kappa shape index (κ1) is 14.4. The molecule has 0 saturated carbocycles. The fourth-order valence-corrected chi connectivity index (χ4v) is 2.38. The fourth-order valence-electron chi connectivity index (χ4n) is 2.38. The standard InChI is InChI=1S/C15H25N3O/c1-13(2)18-9-10-19-15(12-18)11-17-8-5-14-3-6-16-7-4-14/h3-4,6-7,13,15,17H,5,8-12H2,1-2H3. The Kier molecular flexibility index (Phi) is 5.76. The Labute approximate surface area is 116 Å². The molecule has 19 heavy (non-hydrogen) atoms. The molecule has 1 aliphatic heterocycles. The van der Waals surface area contributed by atoms with Gasteiger partial charge in [-0.3, -0.25) is 9.88 Å². The summed E-state index contributed by atoms with van der Waals surface area (Å²) in [6, 6.07) is 4.75. The molecular weight excluding hydrogens is 238 g/mol. The van der Waals surface area contributed by atoms with Crippen LogP contribution in [0.25, 0.3) is 0 Å². The zero-order chi connectivity index (χ0) is 13.5. The minimum Gasteiger partial charge on any atom is -0.374 e. The molecule has 0 aliphatic carbocycles. The second-order valence-corrected chi connectivity index (χ2v) is 5.39. The van der Waals surface area contributed by atoms with Crippen LogP contribution in [0.3, 0.4) is 0 Å². The molecule has 0 spiro atoms. The van der Waals surface area contributed by atoms with Crippen molar-refractivity contribution >= 4 is 0 Å². The maximum absolute atomic E-state index is 5.80. The second kappa shape index (κ2) is 7.58. The zero-order valence-corrected chi connectivity index (χ0v) is 12.0. The summed E-state index contributed by atoms with van der Waals surface area (Å²) in [6.07, 6.45) is 5.07. The Balaban J connectivity index is 1.63. The fraction of sp³-hybridized carbons (Fsp3) is 0.667. The summed E-state index contributed by atoms with van der Waals surface area (Å²) in [7, 11) is 0. The topological polar surface area (TPSA) is 37.4 Å². The van der Waals surface area contributed by atoms with E-state index < -0.39 is 0 Å². The molecule has 1 unspecified atom stereocenters. The molecule has 2 rings (SSSR count). The maximum atomic E-state index is 5.80. The predicted molar refractivity (Wildman–Crippen MR) is 77.3 cm³/mol. The van der Waals surface area contributed by atoms with Crippen LogP contribution in [0.15, 0.2) is 24.5 Å². The number of aromatic nitrogens is 1. The van der Waals surface area contributed by atoms with E-state index >= 15 is 0 Å². The normalized spacial score (nSPS) is 20.9. The van der Waals surface area contributed by atoms with Crippen LogP contribution in [-0.2, 0) is 11.2 Å². The van der Waals surface area contributed by atoms with Crippen molar-refractivity contribution in [3.8, 4) is 0 Å². The second-order valence-electron chi connectivity index (χ2n) is 5.39. The summed E-state index contributed by atoms with van der Waals surface area (Å²) in [6.45, 7) is 9.39. The Morgan fingerprint density at radius 2 is 2.21 bits per heavy atom. The molecule has 2 heterocycles. The number of hydrogen-bond acceptors (Lipinski definition) is 4. The lowest BCUT2D eigenvalue weighted by Crippen LogP contribution is -2.49. The number of morpholine rings is 1. The number of nitrogens with one attached hydrogen (secondary N) is 1. The van der Waals surface area contributed by atoms with Crippen molar-refractivity contribution in [3.63, 3.8) is 0 Å². The van der Waals surface area contributed by atoms with Crippen LogP contribution in [0.4, 0.5) is 0 Å². The molecule has 1 saturated heterocycles. The molecule has 106 valence electrons. The van der Waals surface area contributed by atoms with Crippen molar-refractivity contribution in [2.45, 2.75) is 32.4 Å². The van der Waals surface area contributed by atoms with E-state index in [9.17, 15) is 0 Å². The third kappa shape index (κ3) is 4.90. The van der Waals surface area contributed by atoms with E-state index in [2.05, 4.69) is 41.2 Å². The van der Waals surface area contributed by atoms with Gasteiger partial charge in [0.2, 0.25) is 0 Å². The van der Waals surface area contributed by atoms with Crippen LogP contribution < -0.4 is 5.32 Å². The van der Waals surface area contributed by atoms with Gasteiger partial charge in [-0.15, -0.1) is 0 Å². The molecule has 1 N–H and O–H groups in total. The molecule has 0 amide bonds. The van der Waals surface area contributed by atoms with Gasteiger partial charge >= 0.3 is 0 Å². The largest absolute Gasteiger partial charge is 0.374 e. The van der Waals surface area contributed by atoms with Gasteiger partial charge in [0.1, 0.15) is 0 Å². The molecule has 1 aromatic rings. The highest BCUT2D eigenvalue weighted by atomic mass is 16.5. The first-order chi connectivity index (χ1) is 9.25. The van der Waals surface area contributed by atoms with Gasteiger partial charge < -0.3 is 10.1 Å². The smallest absolute Gasteiger partial charge is 0.0826 e. The first-order valence-electron chi connectivity index (χ1n) is 7.21. The quantitative estimate of drug-likeness (QED) is 0.786. The average Bonchev–Trinajstić information content (AvgIpc) is 2.45. The van der Waals surface area contributed by atoms with Gasteiger partial charge in [-0.05, 0) is 44.5 Å². The first-order valence-corrected chi connectivity index (χ1v) is 7.21. The van der Waals surface area contributed by atoms with Gasteiger partial charge in [0, 0.05) is 38.1 Å². The van der Waals surface area contributed by atoms with Crippen LogP contribution in [0.1, 0.15) is 19.4 Å². The molecule has 1 atom stereocenters. The number of nitrogens with zero attached hydrogens (tertiary/aromatic N) is 2. The molecule has 4 heteroatoms.